The zero-order chi connectivity index (χ0) is 11.0. The summed E-state index contributed by atoms with van der Waals surface area (Å²) in [6, 6.07) is 6.24. The summed E-state index contributed by atoms with van der Waals surface area (Å²) in [7, 11) is 1.32. The van der Waals surface area contributed by atoms with Crippen LogP contribution in [0, 0.1) is 0 Å². The van der Waals surface area contributed by atoms with Gasteiger partial charge in [0.25, 0.3) is 0 Å². The molecule has 0 bridgehead atoms. The van der Waals surface area contributed by atoms with Crippen molar-refractivity contribution >= 4 is 12.3 Å². The largest absolute Gasteiger partial charge is 0.465 e. The molecule has 1 aromatic rings. The third kappa shape index (κ3) is 3.39. The average molecular weight is 194 g/mol. The highest BCUT2D eigenvalue weighted by molar-refractivity contribution is 5.90. The molecule has 0 atom stereocenters. The molecule has 76 valence electrons. The molecule has 0 saturated carbocycles. The molecule has 0 fully saturated rings. The van der Waals surface area contributed by atoms with Crippen LogP contribution in [0.1, 0.15) is 34.6 Å². The summed E-state index contributed by atoms with van der Waals surface area (Å²) in [5.41, 5.74) is 0.991. The minimum atomic E-state index is -0.396. The van der Waals surface area contributed by atoms with Gasteiger partial charge < -0.3 is 4.74 Å². The number of methoxy groups -OCH3 is 1. The summed E-state index contributed by atoms with van der Waals surface area (Å²) in [5, 5.41) is 0. The Hall–Kier alpha value is -1.64. The van der Waals surface area contributed by atoms with Gasteiger partial charge in [0.2, 0.25) is 0 Å². The van der Waals surface area contributed by atoms with Crippen molar-refractivity contribution in [2.75, 3.05) is 7.11 Å². The molecule has 0 unspecified atom stereocenters. The van der Waals surface area contributed by atoms with Gasteiger partial charge in [-0.2, -0.15) is 0 Å². The molecule has 0 aliphatic heterocycles. The van der Waals surface area contributed by atoms with E-state index >= 15 is 0 Å². The molecule has 1 rings (SSSR count). The topological polar surface area (TPSA) is 43.4 Å². The lowest BCUT2D eigenvalue weighted by Gasteiger charge is -1.97. The van der Waals surface area contributed by atoms with Crippen LogP contribution in [0.15, 0.2) is 24.3 Å². The number of carbonyl (C=O) groups is 2. The Morgan fingerprint density at radius 2 is 1.71 bits per heavy atom. The normalized spacial score (nSPS) is 8.21. The first-order valence-corrected chi connectivity index (χ1v) is 4.41. The molecule has 0 aromatic heterocycles. The lowest BCUT2D eigenvalue weighted by Crippen LogP contribution is -2.00. The smallest absolute Gasteiger partial charge is 0.337 e. The summed E-state index contributed by atoms with van der Waals surface area (Å²) < 4.78 is 4.48. The maximum absolute atomic E-state index is 10.9. The van der Waals surface area contributed by atoms with Crippen molar-refractivity contribution in [3.05, 3.63) is 35.4 Å². The lowest BCUT2D eigenvalue weighted by molar-refractivity contribution is 0.0600. The van der Waals surface area contributed by atoms with Crippen molar-refractivity contribution in [3.8, 4) is 0 Å². The minimum absolute atomic E-state index is 0.396. The second kappa shape index (κ2) is 6.83. The van der Waals surface area contributed by atoms with Gasteiger partial charge in [0, 0.05) is 5.56 Å². The number of benzene rings is 1. The second-order valence-electron chi connectivity index (χ2n) is 2.23. The average Bonchev–Trinajstić information content (AvgIpc) is 2.31. The van der Waals surface area contributed by atoms with Gasteiger partial charge in [-0.25, -0.2) is 4.79 Å². The number of carbonyl (C=O) groups excluding carboxylic acids is 2. The van der Waals surface area contributed by atoms with Gasteiger partial charge >= 0.3 is 5.97 Å². The Labute approximate surface area is 83.7 Å². The summed E-state index contributed by atoms with van der Waals surface area (Å²) in [4.78, 5) is 21.1. The fourth-order valence-corrected chi connectivity index (χ4v) is 0.816. The highest BCUT2D eigenvalue weighted by Crippen LogP contribution is 2.03. The highest BCUT2D eigenvalue weighted by atomic mass is 16.5. The molecule has 0 saturated heterocycles. The highest BCUT2D eigenvalue weighted by Gasteiger charge is 2.02. The van der Waals surface area contributed by atoms with Crippen LogP contribution in [-0.2, 0) is 4.74 Å². The zero-order valence-corrected chi connectivity index (χ0v) is 8.61. The van der Waals surface area contributed by atoms with E-state index in [0.717, 1.165) is 6.29 Å². The molecule has 0 radical (unpaired) electrons. The lowest BCUT2D eigenvalue weighted by atomic mass is 10.1. The van der Waals surface area contributed by atoms with E-state index in [1.54, 1.807) is 24.3 Å². The molecular weight excluding hydrogens is 180 g/mol. The quantitative estimate of drug-likeness (QED) is 0.536. The molecule has 0 N–H and O–H groups in total. The van der Waals surface area contributed by atoms with Crippen LogP contribution in [0.5, 0.6) is 0 Å². The molecular formula is C11H14O3. The van der Waals surface area contributed by atoms with Gasteiger partial charge in [-0.1, -0.05) is 26.0 Å². The number of ether oxygens (including phenoxy) is 1. The van der Waals surface area contributed by atoms with Gasteiger partial charge in [-0.3, -0.25) is 4.79 Å². The predicted octanol–water partition coefficient (Wildman–Crippen LogP) is 2.31. The van der Waals surface area contributed by atoms with Gasteiger partial charge in [0.1, 0.15) is 6.29 Å². The van der Waals surface area contributed by atoms with E-state index in [2.05, 4.69) is 4.74 Å². The fraction of sp³-hybridized carbons (Fsp3) is 0.273. The Balaban J connectivity index is 0.000000791. The van der Waals surface area contributed by atoms with Gasteiger partial charge in [-0.05, 0) is 12.1 Å². The van der Waals surface area contributed by atoms with E-state index in [0.29, 0.717) is 11.1 Å². The molecule has 0 aliphatic carbocycles. The zero-order valence-electron chi connectivity index (χ0n) is 8.61. The van der Waals surface area contributed by atoms with Crippen LogP contribution in [0.2, 0.25) is 0 Å². The van der Waals surface area contributed by atoms with Crippen molar-refractivity contribution in [3.63, 3.8) is 0 Å². The molecule has 0 aliphatic rings. The molecule has 0 heterocycles. The molecule has 0 spiro atoms. The van der Waals surface area contributed by atoms with Crippen LogP contribution in [0.3, 0.4) is 0 Å². The van der Waals surface area contributed by atoms with Crippen molar-refractivity contribution in [1.82, 2.24) is 0 Å². The SMILES string of the molecule is CC.COC(=O)c1ccc(C=O)cc1. The van der Waals surface area contributed by atoms with Gasteiger partial charge in [0.15, 0.2) is 0 Å². The second-order valence-corrected chi connectivity index (χ2v) is 2.23. The maximum atomic E-state index is 10.9. The van der Waals surface area contributed by atoms with Crippen LogP contribution in [0.25, 0.3) is 0 Å². The van der Waals surface area contributed by atoms with Crippen LogP contribution in [-0.4, -0.2) is 19.4 Å². The number of aldehydes is 1. The van der Waals surface area contributed by atoms with Crippen LogP contribution < -0.4 is 0 Å². The Kier molecular flexibility index (Phi) is 6.03. The van der Waals surface area contributed by atoms with Gasteiger partial charge in [-0.15, -0.1) is 0 Å². The van der Waals surface area contributed by atoms with E-state index in [4.69, 9.17) is 0 Å². The Morgan fingerprint density at radius 1 is 1.21 bits per heavy atom. The molecule has 0 amide bonds. The van der Waals surface area contributed by atoms with E-state index in [1.807, 2.05) is 13.8 Å². The van der Waals surface area contributed by atoms with Crippen molar-refractivity contribution < 1.29 is 14.3 Å². The van der Waals surface area contributed by atoms with Crippen LogP contribution >= 0.6 is 0 Å². The number of rotatable bonds is 2. The van der Waals surface area contributed by atoms with Crippen molar-refractivity contribution in [1.29, 1.82) is 0 Å². The first kappa shape index (κ1) is 12.4. The predicted molar refractivity (Wildman–Crippen MR) is 54.5 cm³/mol. The summed E-state index contributed by atoms with van der Waals surface area (Å²) in [6.07, 6.45) is 0.723. The van der Waals surface area contributed by atoms with Crippen molar-refractivity contribution in [2.45, 2.75) is 13.8 Å². The fourth-order valence-electron chi connectivity index (χ4n) is 0.816. The number of esters is 1. The third-order valence-electron chi connectivity index (χ3n) is 1.47. The standard InChI is InChI=1S/C9H8O3.C2H6/c1-12-9(11)8-4-2-7(6-10)3-5-8;1-2/h2-6H,1H3;1-2H3. The summed E-state index contributed by atoms with van der Waals surface area (Å²) in [5.74, 6) is -0.396. The maximum Gasteiger partial charge on any atom is 0.337 e. The summed E-state index contributed by atoms with van der Waals surface area (Å²) >= 11 is 0. The van der Waals surface area contributed by atoms with E-state index < -0.39 is 5.97 Å². The van der Waals surface area contributed by atoms with Crippen molar-refractivity contribution in [2.24, 2.45) is 0 Å². The van der Waals surface area contributed by atoms with Crippen LogP contribution in [0.4, 0.5) is 0 Å². The first-order chi connectivity index (χ1) is 6.77. The number of hydrogen-bond acceptors (Lipinski definition) is 3. The third-order valence-corrected chi connectivity index (χ3v) is 1.47. The monoisotopic (exact) mass is 194 g/mol. The molecule has 3 heteroatoms. The van der Waals surface area contributed by atoms with E-state index in [-0.39, 0.29) is 0 Å². The summed E-state index contributed by atoms with van der Waals surface area (Å²) in [6.45, 7) is 4.00. The van der Waals surface area contributed by atoms with E-state index in [9.17, 15) is 9.59 Å². The first-order valence-electron chi connectivity index (χ1n) is 4.41. The minimum Gasteiger partial charge on any atom is -0.465 e. The Morgan fingerprint density at radius 3 is 2.07 bits per heavy atom. The number of hydrogen-bond donors (Lipinski definition) is 0. The molecule has 1 aromatic carbocycles. The van der Waals surface area contributed by atoms with Gasteiger partial charge in [0.05, 0.1) is 12.7 Å². The molecule has 14 heavy (non-hydrogen) atoms. The Bertz CT molecular complexity index is 288. The molecule has 3 nitrogen and oxygen atoms in total. The van der Waals surface area contributed by atoms with E-state index in [1.165, 1.54) is 7.11 Å².